The van der Waals surface area contributed by atoms with Gasteiger partial charge in [0.1, 0.15) is 6.04 Å². The Morgan fingerprint density at radius 2 is 1.93 bits per heavy atom. The Hall–Kier alpha value is -0.820. The molecule has 0 aromatic rings. The SMILES string of the molecule is CC(C(=O)O)N1CC(O)(C(F)(F)F)C1. The first-order chi connectivity index (χ1) is 6.17. The first kappa shape index (κ1) is 11.3. The minimum atomic E-state index is -4.69. The van der Waals surface area contributed by atoms with Crippen LogP contribution in [0.5, 0.6) is 0 Å². The number of carboxylic acids is 1. The van der Waals surface area contributed by atoms with Crippen molar-refractivity contribution in [2.45, 2.75) is 24.7 Å². The van der Waals surface area contributed by atoms with E-state index in [0.717, 1.165) is 4.90 Å². The maximum atomic E-state index is 12.1. The molecule has 1 saturated heterocycles. The summed E-state index contributed by atoms with van der Waals surface area (Å²) in [6, 6.07) is -1.00. The number of hydrogen-bond donors (Lipinski definition) is 2. The van der Waals surface area contributed by atoms with Crippen molar-refractivity contribution < 1.29 is 28.2 Å². The summed E-state index contributed by atoms with van der Waals surface area (Å²) in [6.45, 7) is -0.0772. The lowest BCUT2D eigenvalue weighted by atomic mass is 9.92. The lowest BCUT2D eigenvalue weighted by Gasteiger charge is -2.48. The Balaban J connectivity index is 2.55. The molecule has 1 fully saturated rings. The van der Waals surface area contributed by atoms with Crippen molar-refractivity contribution >= 4 is 5.97 Å². The minimum Gasteiger partial charge on any atom is -0.480 e. The molecule has 7 heteroatoms. The van der Waals surface area contributed by atoms with Gasteiger partial charge in [-0.3, -0.25) is 9.69 Å². The van der Waals surface area contributed by atoms with Gasteiger partial charge in [0.15, 0.2) is 5.60 Å². The highest BCUT2D eigenvalue weighted by atomic mass is 19.4. The number of halogens is 3. The normalized spacial score (nSPS) is 24.1. The molecule has 0 bridgehead atoms. The van der Waals surface area contributed by atoms with Crippen molar-refractivity contribution in [2.75, 3.05) is 13.1 Å². The molecule has 0 aliphatic carbocycles. The average molecular weight is 213 g/mol. The summed E-state index contributed by atoms with van der Waals surface area (Å²) in [5, 5.41) is 17.5. The summed E-state index contributed by atoms with van der Waals surface area (Å²) in [4.78, 5) is 11.4. The summed E-state index contributed by atoms with van der Waals surface area (Å²) in [5.41, 5.74) is -2.74. The predicted octanol–water partition coefficient (Wildman–Crippen LogP) is 0.0685. The van der Waals surface area contributed by atoms with Gasteiger partial charge in [0.2, 0.25) is 0 Å². The summed E-state index contributed by atoms with van der Waals surface area (Å²) in [7, 11) is 0. The second-order valence-corrected chi connectivity index (χ2v) is 3.45. The molecule has 1 aliphatic rings. The Morgan fingerprint density at radius 1 is 1.50 bits per heavy atom. The van der Waals surface area contributed by atoms with E-state index in [2.05, 4.69) is 0 Å². The predicted molar refractivity (Wildman–Crippen MR) is 39.7 cm³/mol. The van der Waals surface area contributed by atoms with Crippen molar-refractivity contribution in [3.05, 3.63) is 0 Å². The van der Waals surface area contributed by atoms with E-state index in [-0.39, 0.29) is 0 Å². The molecule has 0 spiro atoms. The smallest absolute Gasteiger partial charge is 0.419 e. The van der Waals surface area contributed by atoms with Crippen LogP contribution in [-0.2, 0) is 4.79 Å². The fraction of sp³-hybridized carbons (Fsp3) is 0.857. The van der Waals surface area contributed by atoms with Gasteiger partial charge >= 0.3 is 12.1 Å². The second-order valence-electron chi connectivity index (χ2n) is 3.45. The van der Waals surface area contributed by atoms with Crippen LogP contribution in [0.2, 0.25) is 0 Å². The zero-order chi connectivity index (χ0) is 11.1. The van der Waals surface area contributed by atoms with E-state index < -0.39 is 36.9 Å². The van der Waals surface area contributed by atoms with Crippen LogP contribution in [-0.4, -0.2) is 52.0 Å². The van der Waals surface area contributed by atoms with Crippen LogP contribution in [0, 0.1) is 0 Å². The average Bonchev–Trinajstić information content (AvgIpc) is 1.94. The Morgan fingerprint density at radius 3 is 2.21 bits per heavy atom. The number of aliphatic hydroxyl groups is 1. The third-order valence-electron chi connectivity index (χ3n) is 2.36. The van der Waals surface area contributed by atoms with Crippen LogP contribution in [0.15, 0.2) is 0 Å². The van der Waals surface area contributed by atoms with Crippen LogP contribution in [0.3, 0.4) is 0 Å². The molecule has 1 atom stereocenters. The van der Waals surface area contributed by atoms with E-state index >= 15 is 0 Å². The summed E-state index contributed by atoms with van der Waals surface area (Å²) >= 11 is 0. The van der Waals surface area contributed by atoms with E-state index in [0.29, 0.717) is 0 Å². The van der Waals surface area contributed by atoms with Gasteiger partial charge in [-0.15, -0.1) is 0 Å². The summed E-state index contributed by atoms with van der Waals surface area (Å²) in [6.07, 6.45) is -4.69. The van der Waals surface area contributed by atoms with Crippen molar-refractivity contribution in [1.29, 1.82) is 0 Å². The molecule has 0 radical (unpaired) electrons. The van der Waals surface area contributed by atoms with Gasteiger partial charge in [-0.05, 0) is 6.92 Å². The lowest BCUT2D eigenvalue weighted by molar-refractivity contribution is -0.304. The molecule has 0 aromatic heterocycles. The number of aliphatic carboxylic acids is 1. The molecule has 1 heterocycles. The maximum Gasteiger partial charge on any atom is 0.419 e. The van der Waals surface area contributed by atoms with Gasteiger partial charge in [0, 0.05) is 13.1 Å². The number of carboxylic acid groups (broad SMARTS) is 1. The van der Waals surface area contributed by atoms with Gasteiger partial charge in [0.25, 0.3) is 0 Å². The van der Waals surface area contributed by atoms with Gasteiger partial charge < -0.3 is 10.2 Å². The molecule has 0 amide bonds. The van der Waals surface area contributed by atoms with Gasteiger partial charge in [0.05, 0.1) is 0 Å². The highest BCUT2D eigenvalue weighted by Gasteiger charge is 2.62. The van der Waals surface area contributed by atoms with Gasteiger partial charge in [-0.1, -0.05) is 0 Å². The molecule has 1 rings (SSSR count). The highest BCUT2D eigenvalue weighted by molar-refractivity contribution is 5.73. The van der Waals surface area contributed by atoms with Gasteiger partial charge in [-0.25, -0.2) is 0 Å². The van der Waals surface area contributed by atoms with Crippen molar-refractivity contribution in [3.63, 3.8) is 0 Å². The van der Waals surface area contributed by atoms with Gasteiger partial charge in [-0.2, -0.15) is 13.2 Å². The first-order valence-electron chi connectivity index (χ1n) is 3.93. The van der Waals surface area contributed by atoms with E-state index in [1.807, 2.05) is 0 Å². The number of nitrogens with zero attached hydrogens (tertiary/aromatic N) is 1. The quantitative estimate of drug-likeness (QED) is 0.681. The molecule has 0 aromatic carbocycles. The van der Waals surface area contributed by atoms with Crippen molar-refractivity contribution in [1.82, 2.24) is 4.90 Å². The fourth-order valence-corrected chi connectivity index (χ4v) is 1.23. The highest BCUT2D eigenvalue weighted by Crippen LogP contribution is 2.38. The van der Waals surface area contributed by atoms with E-state index in [4.69, 9.17) is 10.2 Å². The number of likely N-dealkylation sites (tertiary alicyclic amines) is 1. The van der Waals surface area contributed by atoms with Crippen LogP contribution >= 0.6 is 0 Å². The molecular formula is C7H10F3NO3. The summed E-state index contributed by atoms with van der Waals surface area (Å²) < 4.78 is 36.3. The van der Waals surface area contributed by atoms with Crippen molar-refractivity contribution in [2.24, 2.45) is 0 Å². The van der Waals surface area contributed by atoms with Crippen LogP contribution in [0.4, 0.5) is 13.2 Å². The number of alkyl halides is 3. The van der Waals surface area contributed by atoms with E-state index in [1.54, 1.807) is 0 Å². The summed E-state index contributed by atoms with van der Waals surface area (Å²) in [5.74, 6) is -1.20. The third kappa shape index (κ3) is 1.69. The molecule has 1 unspecified atom stereocenters. The molecule has 4 nitrogen and oxygen atoms in total. The molecule has 2 N–H and O–H groups in total. The first-order valence-corrected chi connectivity index (χ1v) is 3.93. The monoisotopic (exact) mass is 213 g/mol. The van der Waals surface area contributed by atoms with Crippen LogP contribution < -0.4 is 0 Å². The second kappa shape index (κ2) is 3.09. The van der Waals surface area contributed by atoms with E-state index in [1.165, 1.54) is 6.92 Å². The minimum absolute atomic E-state index is 0.677. The number of carbonyl (C=O) groups is 1. The van der Waals surface area contributed by atoms with Crippen LogP contribution in [0.25, 0.3) is 0 Å². The maximum absolute atomic E-state index is 12.1. The standard InChI is InChI=1S/C7H10F3NO3/c1-4(5(12)13)11-2-6(14,3-11)7(8,9)10/h4,14H,2-3H2,1H3,(H,12,13). The zero-order valence-electron chi connectivity index (χ0n) is 7.38. The Bertz CT molecular complexity index is 247. The fourth-order valence-electron chi connectivity index (χ4n) is 1.23. The largest absolute Gasteiger partial charge is 0.480 e. The third-order valence-corrected chi connectivity index (χ3v) is 2.36. The van der Waals surface area contributed by atoms with Crippen molar-refractivity contribution in [3.8, 4) is 0 Å². The Labute approximate surface area is 77.9 Å². The topological polar surface area (TPSA) is 60.8 Å². The lowest BCUT2D eigenvalue weighted by Crippen LogP contribution is -2.71. The number of β-amino-alcohol motifs (C(OH)–C–C–N with tert-alkyl or cyclic N) is 1. The molecule has 82 valence electrons. The van der Waals surface area contributed by atoms with Crippen LogP contribution in [0.1, 0.15) is 6.92 Å². The Kier molecular flexibility index (Phi) is 2.49. The number of rotatable bonds is 2. The zero-order valence-corrected chi connectivity index (χ0v) is 7.38. The molecule has 1 aliphatic heterocycles. The number of hydrogen-bond acceptors (Lipinski definition) is 3. The molecule has 0 saturated carbocycles. The molecular weight excluding hydrogens is 203 g/mol. The molecule has 14 heavy (non-hydrogen) atoms. The van der Waals surface area contributed by atoms with E-state index in [9.17, 15) is 18.0 Å².